The highest BCUT2D eigenvalue weighted by molar-refractivity contribution is 4.90. The second-order valence-electron chi connectivity index (χ2n) is 4.88. The monoisotopic (exact) mass is 238 g/mol. The number of allylic oxidation sites excluding steroid dienone is 2. The lowest BCUT2D eigenvalue weighted by Crippen LogP contribution is -2.09. The van der Waals surface area contributed by atoms with Crippen molar-refractivity contribution in [3.8, 4) is 0 Å². The number of hydrogen-bond acceptors (Lipinski definition) is 1. The first-order valence-corrected chi connectivity index (χ1v) is 7.18. The van der Waals surface area contributed by atoms with Gasteiger partial charge in [-0.15, -0.1) is 6.58 Å². The fourth-order valence-corrected chi connectivity index (χ4v) is 2.16. The Labute approximate surface area is 108 Å². The van der Waals surface area contributed by atoms with Crippen LogP contribution >= 0.6 is 0 Å². The van der Waals surface area contributed by atoms with Gasteiger partial charge in [-0.1, -0.05) is 63.7 Å². The Bertz CT molecular complexity index is 196. The van der Waals surface area contributed by atoms with Crippen LogP contribution in [0.2, 0.25) is 0 Å². The summed E-state index contributed by atoms with van der Waals surface area (Å²) in [5.74, 6) is 0.513. The topological polar surface area (TPSA) is 20.2 Å². The molecule has 100 valence electrons. The Morgan fingerprint density at radius 2 is 1.76 bits per heavy atom. The van der Waals surface area contributed by atoms with Crippen molar-refractivity contribution in [2.75, 3.05) is 0 Å². The van der Waals surface area contributed by atoms with E-state index in [1.165, 1.54) is 44.9 Å². The fourth-order valence-electron chi connectivity index (χ4n) is 2.16. The zero-order chi connectivity index (χ0) is 12.9. The van der Waals surface area contributed by atoms with Crippen LogP contribution in [0.5, 0.6) is 0 Å². The summed E-state index contributed by atoms with van der Waals surface area (Å²) >= 11 is 0. The normalized spacial score (nSPS) is 15.0. The third kappa shape index (κ3) is 10.3. The largest absolute Gasteiger partial charge is 0.389 e. The molecule has 2 atom stereocenters. The van der Waals surface area contributed by atoms with Gasteiger partial charge in [-0.2, -0.15) is 0 Å². The Balaban J connectivity index is 3.66. The van der Waals surface area contributed by atoms with E-state index in [0.717, 1.165) is 6.42 Å². The summed E-state index contributed by atoms with van der Waals surface area (Å²) in [6, 6.07) is 0. The molecule has 17 heavy (non-hydrogen) atoms. The molecule has 0 fully saturated rings. The highest BCUT2D eigenvalue weighted by atomic mass is 16.3. The molecule has 0 saturated carbocycles. The molecule has 1 N–H and O–H groups in total. The smallest absolute Gasteiger partial charge is 0.0723 e. The highest BCUT2D eigenvalue weighted by Crippen LogP contribution is 2.18. The molecule has 0 aromatic heterocycles. The van der Waals surface area contributed by atoms with Gasteiger partial charge < -0.3 is 5.11 Å². The molecule has 1 unspecified atom stereocenters. The van der Waals surface area contributed by atoms with E-state index in [-0.39, 0.29) is 6.10 Å². The first-order valence-electron chi connectivity index (χ1n) is 7.18. The van der Waals surface area contributed by atoms with Crippen molar-refractivity contribution >= 4 is 0 Å². The third-order valence-electron chi connectivity index (χ3n) is 3.21. The van der Waals surface area contributed by atoms with Gasteiger partial charge >= 0.3 is 0 Å². The summed E-state index contributed by atoms with van der Waals surface area (Å²) < 4.78 is 0. The van der Waals surface area contributed by atoms with Crippen LogP contribution in [-0.2, 0) is 0 Å². The van der Waals surface area contributed by atoms with Crippen LogP contribution in [0.4, 0.5) is 0 Å². The lowest BCUT2D eigenvalue weighted by molar-refractivity contribution is 0.194. The average molecular weight is 238 g/mol. The molecule has 0 amide bonds. The summed E-state index contributed by atoms with van der Waals surface area (Å²) in [6.07, 6.45) is 15.6. The maximum Gasteiger partial charge on any atom is 0.0723 e. The lowest BCUT2D eigenvalue weighted by atomic mass is 9.94. The van der Waals surface area contributed by atoms with Gasteiger partial charge in [-0.25, -0.2) is 0 Å². The number of unbranched alkanes of at least 4 members (excludes halogenated alkanes) is 5. The van der Waals surface area contributed by atoms with Crippen LogP contribution in [0, 0.1) is 5.92 Å². The molecule has 1 nitrogen and oxygen atoms in total. The Morgan fingerprint density at radius 1 is 1.12 bits per heavy atom. The van der Waals surface area contributed by atoms with Crippen LogP contribution in [0.3, 0.4) is 0 Å². The minimum Gasteiger partial charge on any atom is -0.389 e. The van der Waals surface area contributed by atoms with E-state index in [1.54, 1.807) is 6.08 Å². The van der Waals surface area contributed by atoms with E-state index in [0.29, 0.717) is 5.92 Å². The van der Waals surface area contributed by atoms with Crippen molar-refractivity contribution in [1.82, 2.24) is 0 Å². The van der Waals surface area contributed by atoms with Gasteiger partial charge in [0.05, 0.1) is 6.10 Å². The molecule has 0 bridgehead atoms. The van der Waals surface area contributed by atoms with Gasteiger partial charge in [-0.05, 0) is 25.7 Å². The first-order chi connectivity index (χ1) is 8.24. The Kier molecular flexibility index (Phi) is 11.5. The molecule has 0 aliphatic rings. The molecule has 0 radical (unpaired) electrons. The van der Waals surface area contributed by atoms with Gasteiger partial charge in [0.15, 0.2) is 0 Å². The predicted molar refractivity (Wildman–Crippen MR) is 77.1 cm³/mol. The zero-order valence-corrected chi connectivity index (χ0v) is 11.7. The van der Waals surface area contributed by atoms with Crippen LogP contribution in [0.15, 0.2) is 24.8 Å². The van der Waals surface area contributed by atoms with E-state index in [9.17, 15) is 5.11 Å². The van der Waals surface area contributed by atoms with Crippen LogP contribution < -0.4 is 0 Å². The number of aliphatic hydroxyl groups excluding tert-OH is 1. The average Bonchev–Trinajstić information content (AvgIpc) is 2.33. The van der Waals surface area contributed by atoms with Crippen LogP contribution in [-0.4, -0.2) is 11.2 Å². The maximum atomic E-state index is 9.58. The Hall–Kier alpha value is -0.560. The van der Waals surface area contributed by atoms with Crippen molar-refractivity contribution in [3.05, 3.63) is 24.8 Å². The van der Waals surface area contributed by atoms with Crippen molar-refractivity contribution in [3.63, 3.8) is 0 Å². The molecule has 0 saturated heterocycles. The summed E-state index contributed by atoms with van der Waals surface area (Å²) in [5, 5.41) is 9.58. The van der Waals surface area contributed by atoms with Crippen LogP contribution in [0.1, 0.15) is 65.2 Å². The molecule has 0 aromatic rings. The van der Waals surface area contributed by atoms with Crippen molar-refractivity contribution in [2.45, 2.75) is 71.3 Å². The third-order valence-corrected chi connectivity index (χ3v) is 3.21. The van der Waals surface area contributed by atoms with Gasteiger partial charge in [0.2, 0.25) is 0 Å². The quantitative estimate of drug-likeness (QED) is 0.402. The van der Waals surface area contributed by atoms with Crippen molar-refractivity contribution in [1.29, 1.82) is 0 Å². The number of hydrogen-bond donors (Lipinski definition) is 1. The summed E-state index contributed by atoms with van der Waals surface area (Å²) in [4.78, 5) is 0. The van der Waals surface area contributed by atoms with E-state index in [1.807, 2.05) is 0 Å². The van der Waals surface area contributed by atoms with E-state index < -0.39 is 0 Å². The predicted octanol–water partition coefficient (Wildman–Crippen LogP) is 4.87. The zero-order valence-electron chi connectivity index (χ0n) is 11.7. The second-order valence-corrected chi connectivity index (χ2v) is 4.88. The molecule has 0 aliphatic heterocycles. The van der Waals surface area contributed by atoms with Gasteiger partial charge in [0.25, 0.3) is 0 Å². The minimum atomic E-state index is -0.351. The number of rotatable bonds is 11. The Morgan fingerprint density at radius 3 is 2.35 bits per heavy atom. The van der Waals surface area contributed by atoms with Gasteiger partial charge in [0, 0.05) is 0 Å². The minimum absolute atomic E-state index is 0.351. The molecule has 0 rings (SSSR count). The van der Waals surface area contributed by atoms with Crippen LogP contribution in [0.25, 0.3) is 0 Å². The standard InChI is InChI=1S/C16H30O/c1-4-7-8-9-10-11-13-15(12-5-2)14-16(17)6-3/h5-6,12,15-17H,3-4,7-11,13-14H2,1-2H3/b12-5+/t15-,16?/m0/s1. The van der Waals surface area contributed by atoms with Gasteiger partial charge in [0.1, 0.15) is 0 Å². The molecular weight excluding hydrogens is 208 g/mol. The SMILES string of the molecule is C=CC(O)C[C@@H](/C=C/C)CCCCCCCC. The maximum absolute atomic E-state index is 9.58. The summed E-state index contributed by atoms with van der Waals surface area (Å²) in [5.41, 5.74) is 0. The van der Waals surface area contributed by atoms with Crippen molar-refractivity contribution in [2.24, 2.45) is 5.92 Å². The van der Waals surface area contributed by atoms with E-state index in [4.69, 9.17) is 0 Å². The number of aliphatic hydroxyl groups is 1. The molecule has 1 heteroatoms. The molecular formula is C16H30O. The molecule has 0 aliphatic carbocycles. The highest BCUT2D eigenvalue weighted by Gasteiger charge is 2.08. The lowest BCUT2D eigenvalue weighted by Gasteiger charge is -2.14. The summed E-state index contributed by atoms with van der Waals surface area (Å²) in [6.45, 7) is 7.93. The molecule has 0 spiro atoms. The van der Waals surface area contributed by atoms with E-state index in [2.05, 4.69) is 32.6 Å². The van der Waals surface area contributed by atoms with Gasteiger partial charge in [-0.3, -0.25) is 0 Å². The first kappa shape index (κ1) is 16.4. The fraction of sp³-hybridized carbons (Fsp3) is 0.750. The molecule has 0 aromatic carbocycles. The second kappa shape index (κ2) is 11.9. The molecule has 0 heterocycles. The van der Waals surface area contributed by atoms with E-state index >= 15 is 0 Å². The summed E-state index contributed by atoms with van der Waals surface area (Å²) in [7, 11) is 0. The van der Waals surface area contributed by atoms with Crippen molar-refractivity contribution < 1.29 is 5.11 Å².